The highest BCUT2D eigenvalue weighted by atomic mass is 16.3. The summed E-state index contributed by atoms with van der Waals surface area (Å²) in [6, 6.07) is 5.18. The molecular formula is C13H12N2O4. The summed E-state index contributed by atoms with van der Waals surface area (Å²) in [7, 11) is 0. The first-order chi connectivity index (χ1) is 9.17. The molecule has 2 amide bonds. The topological polar surface area (TPSA) is 92.4 Å². The maximum absolute atomic E-state index is 11.7. The van der Waals surface area contributed by atoms with Crippen molar-refractivity contribution in [1.82, 2.24) is 10.3 Å². The molecule has 2 N–H and O–H groups in total. The molecule has 19 heavy (non-hydrogen) atoms. The van der Waals surface area contributed by atoms with E-state index in [4.69, 9.17) is 9.52 Å². The zero-order chi connectivity index (χ0) is 13.4. The van der Waals surface area contributed by atoms with E-state index in [1.54, 1.807) is 18.2 Å². The van der Waals surface area contributed by atoms with E-state index in [0.29, 0.717) is 23.4 Å². The number of nitrogens with zero attached hydrogens (tertiary/aromatic N) is 1. The Balaban J connectivity index is 1.97. The van der Waals surface area contributed by atoms with Crippen LogP contribution in [0.2, 0.25) is 0 Å². The molecule has 6 heteroatoms. The van der Waals surface area contributed by atoms with Crippen LogP contribution >= 0.6 is 0 Å². The zero-order valence-electron chi connectivity index (χ0n) is 10.0. The average Bonchev–Trinajstić information content (AvgIpc) is 2.80. The van der Waals surface area contributed by atoms with Crippen LogP contribution in [0.25, 0.3) is 11.1 Å². The second-order valence-corrected chi connectivity index (χ2v) is 4.52. The number of carbonyl (C=O) groups excluding carboxylic acids is 2. The van der Waals surface area contributed by atoms with Crippen molar-refractivity contribution >= 4 is 22.9 Å². The van der Waals surface area contributed by atoms with Gasteiger partial charge >= 0.3 is 0 Å². The van der Waals surface area contributed by atoms with E-state index in [2.05, 4.69) is 10.3 Å². The number of oxazole rings is 1. The summed E-state index contributed by atoms with van der Waals surface area (Å²) in [6.07, 6.45) is 0.696. The van der Waals surface area contributed by atoms with Crippen LogP contribution < -0.4 is 5.32 Å². The highest BCUT2D eigenvalue weighted by Crippen LogP contribution is 2.27. The number of piperidine rings is 1. The van der Waals surface area contributed by atoms with E-state index in [9.17, 15) is 9.59 Å². The number of aromatic nitrogens is 1. The van der Waals surface area contributed by atoms with Gasteiger partial charge in [-0.05, 0) is 24.1 Å². The van der Waals surface area contributed by atoms with Gasteiger partial charge in [-0.1, -0.05) is 6.07 Å². The van der Waals surface area contributed by atoms with Gasteiger partial charge in [-0.15, -0.1) is 0 Å². The van der Waals surface area contributed by atoms with E-state index in [-0.39, 0.29) is 24.8 Å². The van der Waals surface area contributed by atoms with Crippen LogP contribution in [0.3, 0.4) is 0 Å². The molecule has 1 aromatic heterocycles. The number of benzene rings is 1. The first-order valence-electron chi connectivity index (χ1n) is 6.01. The lowest BCUT2D eigenvalue weighted by Crippen LogP contribution is -2.39. The SMILES string of the molecule is O=C1CCC(c2nc3ccc(CO)cc3o2)C(=O)N1. The van der Waals surface area contributed by atoms with E-state index in [0.717, 1.165) is 5.56 Å². The second-order valence-electron chi connectivity index (χ2n) is 4.52. The fourth-order valence-electron chi connectivity index (χ4n) is 2.16. The largest absolute Gasteiger partial charge is 0.440 e. The molecule has 1 unspecified atom stereocenters. The lowest BCUT2D eigenvalue weighted by molar-refractivity contribution is -0.134. The third-order valence-corrected chi connectivity index (χ3v) is 3.19. The number of imide groups is 1. The summed E-state index contributed by atoms with van der Waals surface area (Å²) in [5, 5.41) is 11.3. The van der Waals surface area contributed by atoms with Gasteiger partial charge < -0.3 is 9.52 Å². The molecule has 1 fully saturated rings. The normalized spacial score (nSPS) is 19.7. The molecule has 1 saturated heterocycles. The van der Waals surface area contributed by atoms with Gasteiger partial charge in [-0.3, -0.25) is 14.9 Å². The molecule has 0 spiro atoms. The number of amides is 2. The number of aliphatic hydroxyl groups is 1. The Hall–Kier alpha value is -2.21. The summed E-state index contributed by atoms with van der Waals surface area (Å²) in [4.78, 5) is 27.1. The van der Waals surface area contributed by atoms with Crippen molar-refractivity contribution in [2.45, 2.75) is 25.4 Å². The first-order valence-corrected chi connectivity index (χ1v) is 6.01. The van der Waals surface area contributed by atoms with Crippen molar-refractivity contribution < 1.29 is 19.1 Å². The number of nitrogens with one attached hydrogen (secondary N) is 1. The maximum Gasteiger partial charge on any atom is 0.239 e. The Morgan fingerprint density at radius 2 is 2.26 bits per heavy atom. The number of rotatable bonds is 2. The molecule has 1 aliphatic heterocycles. The molecule has 0 bridgehead atoms. The van der Waals surface area contributed by atoms with Crippen LogP contribution in [0.15, 0.2) is 22.6 Å². The number of fused-ring (bicyclic) bond motifs is 1. The summed E-state index contributed by atoms with van der Waals surface area (Å²) in [6.45, 7) is -0.0790. The van der Waals surface area contributed by atoms with Crippen LogP contribution in [0.4, 0.5) is 0 Å². The molecule has 2 heterocycles. The average molecular weight is 260 g/mol. The third kappa shape index (κ3) is 2.10. The quantitative estimate of drug-likeness (QED) is 0.780. The molecule has 98 valence electrons. The monoisotopic (exact) mass is 260 g/mol. The fraction of sp³-hybridized carbons (Fsp3) is 0.308. The van der Waals surface area contributed by atoms with Gasteiger partial charge in [0.05, 0.1) is 6.61 Å². The third-order valence-electron chi connectivity index (χ3n) is 3.19. The number of aliphatic hydroxyl groups excluding tert-OH is 1. The van der Waals surface area contributed by atoms with Gasteiger partial charge in [-0.2, -0.15) is 0 Å². The van der Waals surface area contributed by atoms with Crippen LogP contribution in [0, 0.1) is 0 Å². The van der Waals surface area contributed by atoms with Gasteiger partial charge in [-0.25, -0.2) is 4.98 Å². The molecule has 1 aliphatic rings. The highest BCUT2D eigenvalue weighted by Gasteiger charge is 2.31. The molecule has 2 aromatic rings. The van der Waals surface area contributed by atoms with E-state index in [1.807, 2.05) is 0 Å². The number of hydrogen-bond donors (Lipinski definition) is 2. The van der Waals surface area contributed by atoms with Gasteiger partial charge in [0.2, 0.25) is 17.7 Å². The minimum Gasteiger partial charge on any atom is -0.440 e. The first kappa shape index (κ1) is 11.9. The van der Waals surface area contributed by atoms with Crippen molar-refractivity contribution in [2.75, 3.05) is 0 Å². The Bertz CT molecular complexity index is 662. The van der Waals surface area contributed by atoms with E-state index >= 15 is 0 Å². The lowest BCUT2D eigenvalue weighted by atomic mass is 9.98. The maximum atomic E-state index is 11.7. The molecule has 6 nitrogen and oxygen atoms in total. The van der Waals surface area contributed by atoms with E-state index in [1.165, 1.54) is 0 Å². The van der Waals surface area contributed by atoms with E-state index < -0.39 is 5.92 Å². The predicted octanol–water partition coefficient (Wildman–Crippen LogP) is 0.840. The lowest BCUT2D eigenvalue weighted by Gasteiger charge is -2.17. The molecule has 0 aliphatic carbocycles. The molecule has 3 rings (SSSR count). The minimum atomic E-state index is -0.525. The molecule has 0 saturated carbocycles. The summed E-state index contributed by atoms with van der Waals surface area (Å²) >= 11 is 0. The van der Waals surface area contributed by atoms with Crippen LogP contribution in [0.1, 0.15) is 30.2 Å². The van der Waals surface area contributed by atoms with Crippen molar-refractivity contribution in [1.29, 1.82) is 0 Å². The molecular weight excluding hydrogens is 248 g/mol. The van der Waals surface area contributed by atoms with Crippen molar-refractivity contribution in [3.05, 3.63) is 29.7 Å². The van der Waals surface area contributed by atoms with Gasteiger partial charge in [0.15, 0.2) is 5.58 Å². The van der Waals surface area contributed by atoms with Gasteiger partial charge in [0.1, 0.15) is 11.4 Å². The second kappa shape index (κ2) is 4.47. The molecule has 0 radical (unpaired) electrons. The molecule has 1 atom stereocenters. The highest BCUT2D eigenvalue weighted by molar-refractivity contribution is 6.00. The summed E-state index contributed by atoms with van der Waals surface area (Å²) in [5.74, 6) is -0.845. The van der Waals surface area contributed by atoms with Crippen LogP contribution in [0.5, 0.6) is 0 Å². The van der Waals surface area contributed by atoms with Crippen molar-refractivity contribution in [2.24, 2.45) is 0 Å². The van der Waals surface area contributed by atoms with Crippen LogP contribution in [-0.4, -0.2) is 21.9 Å². The Kier molecular flexibility index (Phi) is 2.79. The Morgan fingerprint density at radius 3 is 3.00 bits per heavy atom. The smallest absolute Gasteiger partial charge is 0.239 e. The zero-order valence-corrected chi connectivity index (χ0v) is 10.0. The van der Waals surface area contributed by atoms with Crippen LogP contribution in [-0.2, 0) is 16.2 Å². The summed E-state index contributed by atoms with van der Waals surface area (Å²) in [5.41, 5.74) is 1.89. The van der Waals surface area contributed by atoms with Crippen molar-refractivity contribution in [3.63, 3.8) is 0 Å². The predicted molar refractivity (Wildman–Crippen MR) is 65.1 cm³/mol. The fourth-order valence-corrected chi connectivity index (χ4v) is 2.16. The van der Waals surface area contributed by atoms with Gasteiger partial charge in [0, 0.05) is 6.42 Å². The Labute approximate surface area is 108 Å². The van der Waals surface area contributed by atoms with Gasteiger partial charge in [0.25, 0.3) is 0 Å². The standard InChI is InChI=1S/C13H12N2O4/c16-6-7-1-3-9-10(5-7)19-13(14-9)8-2-4-11(17)15-12(8)18/h1,3,5,8,16H,2,4,6H2,(H,15,17,18). The molecule has 1 aromatic carbocycles. The number of carbonyl (C=O) groups is 2. The minimum absolute atomic E-state index is 0.0790. The number of hydrogen-bond acceptors (Lipinski definition) is 5. The Morgan fingerprint density at radius 1 is 1.42 bits per heavy atom. The van der Waals surface area contributed by atoms with Crippen molar-refractivity contribution in [3.8, 4) is 0 Å². The summed E-state index contributed by atoms with van der Waals surface area (Å²) < 4.78 is 5.56.